The number of hydrogen-bond acceptors (Lipinski definition) is 7. The van der Waals surface area contributed by atoms with E-state index in [1.165, 1.54) is 0 Å². The predicted molar refractivity (Wildman–Crippen MR) is 94.5 cm³/mol. The minimum absolute atomic E-state index is 0.0850. The van der Waals surface area contributed by atoms with Crippen LogP contribution in [-0.2, 0) is 16.1 Å². The fourth-order valence-corrected chi connectivity index (χ4v) is 3.18. The largest absolute Gasteiger partial charge is 0.394 e. The van der Waals surface area contributed by atoms with Crippen LogP contribution >= 0.6 is 0 Å². The lowest BCUT2D eigenvalue weighted by Gasteiger charge is -2.27. The van der Waals surface area contributed by atoms with Crippen molar-refractivity contribution in [3.05, 3.63) is 34.9 Å². The van der Waals surface area contributed by atoms with Gasteiger partial charge in [0.05, 0.1) is 17.7 Å². The van der Waals surface area contributed by atoms with E-state index in [1.54, 1.807) is 25.1 Å². The molecule has 1 aromatic carbocycles. The Morgan fingerprint density at radius 2 is 1.96 bits per heavy atom. The number of fused-ring (bicyclic) bond motifs is 1. The number of carbonyl (C=O) groups is 4. The average molecular weight is 374 g/mol. The molecule has 1 fully saturated rings. The van der Waals surface area contributed by atoms with Gasteiger partial charge in [0.2, 0.25) is 11.8 Å². The molecular weight excluding hydrogens is 352 g/mol. The predicted octanol–water partition coefficient (Wildman–Crippen LogP) is -1.11. The molecule has 2 atom stereocenters. The lowest BCUT2D eigenvalue weighted by atomic mass is 10.0. The maximum Gasteiger partial charge on any atom is 0.262 e. The first kappa shape index (κ1) is 19.2. The quantitative estimate of drug-likeness (QED) is 0.462. The smallest absolute Gasteiger partial charge is 0.262 e. The zero-order valence-electron chi connectivity index (χ0n) is 14.9. The number of aliphatic hydroxyl groups excluding tert-OH is 1. The SMILES string of the molecule is CC(N)(CO)CNCc1ccc2c(c1)C(=O)N(C1CCC(=O)NC1=O)C2=O. The van der Waals surface area contributed by atoms with Gasteiger partial charge in [0, 0.05) is 25.0 Å². The van der Waals surface area contributed by atoms with Gasteiger partial charge in [-0.15, -0.1) is 0 Å². The van der Waals surface area contributed by atoms with E-state index in [4.69, 9.17) is 10.8 Å². The van der Waals surface area contributed by atoms with Crippen LogP contribution in [0.2, 0.25) is 0 Å². The molecule has 2 heterocycles. The molecule has 5 N–H and O–H groups in total. The Balaban J connectivity index is 1.75. The van der Waals surface area contributed by atoms with Crippen LogP contribution in [0.3, 0.4) is 0 Å². The molecule has 3 rings (SSSR count). The average Bonchev–Trinajstić information content (AvgIpc) is 2.86. The summed E-state index contributed by atoms with van der Waals surface area (Å²) in [5.41, 5.74) is 6.35. The van der Waals surface area contributed by atoms with Gasteiger partial charge in [-0.05, 0) is 31.0 Å². The van der Waals surface area contributed by atoms with Crippen LogP contribution in [-0.4, -0.2) is 58.4 Å². The number of carbonyl (C=O) groups excluding carboxylic acids is 4. The summed E-state index contributed by atoms with van der Waals surface area (Å²) < 4.78 is 0. The molecule has 4 amide bonds. The molecule has 9 heteroatoms. The van der Waals surface area contributed by atoms with E-state index in [9.17, 15) is 19.2 Å². The third kappa shape index (κ3) is 3.75. The van der Waals surface area contributed by atoms with Crippen LogP contribution in [0, 0.1) is 0 Å². The molecule has 0 aliphatic carbocycles. The second-order valence-corrected chi connectivity index (χ2v) is 7.24. The molecule has 0 spiro atoms. The number of piperidine rings is 1. The number of imide groups is 2. The van der Waals surface area contributed by atoms with Gasteiger partial charge in [-0.3, -0.25) is 29.4 Å². The molecule has 0 bridgehead atoms. The van der Waals surface area contributed by atoms with Gasteiger partial charge in [0.1, 0.15) is 6.04 Å². The fourth-order valence-electron chi connectivity index (χ4n) is 3.18. The summed E-state index contributed by atoms with van der Waals surface area (Å²) in [6, 6.07) is 3.92. The van der Waals surface area contributed by atoms with Gasteiger partial charge in [-0.2, -0.15) is 0 Å². The van der Waals surface area contributed by atoms with Crippen molar-refractivity contribution < 1.29 is 24.3 Å². The summed E-state index contributed by atoms with van der Waals surface area (Å²) >= 11 is 0. The Morgan fingerprint density at radius 1 is 1.26 bits per heavy atom. The molecule has 0 saturated carbocycles. The molecule has 144 valence electrons. The van der Waals surface area contributed by atoms with Gasteiger partial charge >= 0.3 is 0 Å². The van der Waals surface area contributed by atoms with Gasteiger partial charge < -0.3 is 16.2 Å². The van der Waals surface area contributed by atoms with Crippen LogP contribution in [0.5, 0.6) is 0 Å². The summed E-state index contributed by atoms with van der Waals surface area (Å²) in [4.78, 5) is 49.6. The van der Waals surface area contributed by atoms with Crippen LogP contribution < -0.4 is 16.4 Å². The van der Waals surface area contributed by atoms with Crippen molar-refractivity contribution in [1.29, 1.82) is 0 Å². The van der Waals surface area contributed by atoms with Gasteiger partial charge in [0.25, 0.3) is 11.8 Å². The fraction of sp³-hybridized carbons (Fsp3) is 0.444. The van der Waals surface area contributed by atoms with E-state index in [1.807, 2.05) is 0 Å². The van der Waals surface area contributed by atoms with E-state index < -0.39 is 35.2 Å². The Bertz CT molecular complexity index is 820. The molecular formula is C18H22N4O5. The van der Waals surface area contributed by atoms with Gasteiger partial charge in [0.15, 0.2) is 0 Å². The lowest BCUT2D eigenvalue weighted by molar-refractivity contribution is -0.136. The zero-order chi connectivity index (χ0) is 19.8. The Labute approximate surface area is 155 Å². The molecule has 1 aromatic rings. The van der Waals surface area contributed by atoms with Crippen LogP contribution in [0.4, 0.5) is 0 Å². The minimum Gasteiger partial charge on any atom is -0.394 e. The maximum absolute atomic E-state index is 12.7. The number of benzene rings is 1. The molecule has 1 saturated heterocycles. The van der Waals surface area contributed by atoms with E-state index in [2.05, 4.69) is 10.6 Å². The van der Waals surface area contributed by atoms with E-state index in [0.29, 0.717) is 13.1 Å². The van der Waals surface area contributed by atoms with Crippen molar-refractivity contribution in [2.45, 2.75) is 37.9 Å². The molecule has 2 unspecified atom stereocenters. The first-order valence-corrected chi connectivity index (χ1v) is 8.68. The molecule has 0 radical (unpaired) electrons. The second-order valence-electron chi connectivity index (χ2n) is 7.24. The second kappa shape index (κ2) is 7.18. The Morgan fingerprint density at radius 3 is 2.63 bits per heavy atom. The monoisotopic (exact) mass is 374 g/mol. The molecule has 2 aliphatic rings. The number of rotatable bonds is 6. The summed E-state index contributed by atoms with van der Waals surface area (Å²) in [7, 11) is 0. The van der Waals surface area contributed by atoms with Crippen molar-refractivity contribution >= 4 is 23.6 Å². The van der Waals surface area contributed by atoms with Crippen molar-refractivity contribution in [3.8, 4) is 0 Å². The number of amides is 4. The molecule has 2 aliphatic heterocycles. The Kier molecular flexibility index (Phi) is 5.09. The van der Waals surface area contributed by atoms with Crippen molar-refractivity contribution in [1.82, 2.24) is 15.5 Å². The number of aliphatic hydroxyl groups is 1. The summed E-state index contributed by atoms with van der Waals surface area (Å²) in [6.45, 7) is 2.32. The molecule has 9 nitrogen and oxygen atoms in total. The standard InChI is InChI=1S/C18H22N4O5/c1-18(19,9-23)8-20-7-10-2-3-11-12(6-10)17(27)22(16(11)26)13-4-5-14(24)21-15(13)25/h2-3,6,13,20,23H,4-5,7-9,19H2,1H3,(H,21,24,25). The minimum atomic E-state index is -0.973. The number of nitrogens with one attached hydrogen (secondary N) is 2. The van der Waals surface area contributed by atoms with Crippen molar-refractivity contribution in [2.75, 3.05) is 13.2 Å². The highest BCUT2D eigenvalue weighted by Crippen LogP contribution is 2.28. The van der Waals surface area contributed by atoms with Crippen molar-refractivity contribution in [3.63, 3.8) is 0 Å². The van der Waals surface area contributed by atoms with E-state index >= 15 is 0 Å². The summed E-state index contributed by atoms with van der Waals surface area (Å²) in [5, 5.41) is 14.4. The zero-order valence-corrected chi connectivity index (χ0v) is 14.9. The Hall–Kier alpha value is -2.62. The van der Waals surface area contributed by atoms with Crippen LogP contribution in [0.15, 0.2) is 18.2 Å². The van der Waals surface area contributed by atoms with E-state index in [-0.39, 0.29) is 30.6 Å². The highest BCUT2D eigenvalue weighted by atomic mass is 16.3. The topological polar surface area (TPSA) is 142 Å². The number of nitrogens with two attached hydrogens (primary N) is 1. The molecule has 27 heavy (non-hydrogen) atoms. The van der Waals surface area contributed by atoms with E-state index in [0.717, 1.165) is 10.5 Å². The molecule has 0 aromatic heterocycles. The van der Waals surface area contributed by atoms with Gasteiger partial charge in [-0.25, -0.2) is 0 Å². The third-order valence-electron chi connectivity index (χ3n) is 4.72. The summed E-state index contributed by atoms with van der Waals surface area (Å²) in [6.07, 6.45) is 0.211. The van der Waals surface area contributed by atoms with Crippen LogP contribution in [0.1, 0.15) is 46.0 Å². The van der Waals surface area contributed by atoms with Gasteiger partial charge in [-0.1, -0.05) is 6.07 Å². The first-order valence-electron chi connectivity index (χ1n) is 8.68. The number of nitrogens with zero attached hydrogens (tertiary/aromatic N) is 1. The van der Waals surface area contributed by atoms with Crippen LogP contribution in [0.25, 0.3) is 0 Å². The number of hydrogen-bond donors (Lipinski definition) is 4. The lowest BCUT2D eigenvalue weighted by Crippen LogP contribution is -2.54. The highest BCUT2D eigenvalue weighted by molar-refractivity contribution is 6.23. The maximum atomic E-state index is 12.7. The van der Waals surface area contributed by atoms with Crippen molar-refractivity contribution in [2.24, 2.45) is 5.73 Å². The first-order chi connectivity index (χ1) is 12.7. The normalized spacial score (nSPS) is 21.9. The third-order valence-corrected chi connectivity index (χ3v) is 4.72. The summed E-state index contributed by atoms with van der Waals surface area (Å²) in [5.74, 6) is -2.10. The highest BCUT2D eigenvalue weighted by Gasteiger charge is 2.44.